The zero-order valence-electron chi connectivity index (χ0n) is 32.4. The summed E-state index contributed by atoms with van der Waals surface area (Å²) in [6.07, 6.45) is 10.1. The fraction of sp³-hybridized carbons (Fsp3) is 0.643. The average molecular weight is 767 g/mol. The summed E-state index contributed by atoms with van der Waals surface area (Å²) in [6.45, 7) is 16.3. The van der Waals surface area contributed by atoms with Gasteiger partial charge in [-0.3, -0.25) is 14.6 Å². The number of halogens is 1. The number of aryl methyl sites for hydroxylation is 1. The Morgan fingerprint density at radius 2 is 1.89 bits per heavy atom. The van der Waals surface area contributed by atoms with E-state index in [1.165, 1.54) is 11.1 Å². The topological polar surface area (TPSA) is 91.4 Å². The van der Waals surface area contributed by atoms with Crippen molar-refractivity contribution >= 4 is 33.2 Å². The summed E-state index contributed by atoms with van der Waals surface area (Å²) in [5, 5.41) is -0.0259. The molecule has 290 valence electrons. The number of allylic oxidation sites excluding steroid dienone is 1. The Morgan fingerprint density at radius 1 is 1.08 bits per heavy atom. The highest BCUT2D eigenvalue weighted by atomic mass is 35.5. The molecule has 2 bridgehead atoms. The molecule has 2 fully saturated rings. The van der Waals surface area contributed by atoms with Gasteiger partial charge in [-0.15, -0.1) is 0 Å². The zero-order chi connectivity index (χ0) is 37.7. The summed E-state index contributed by atoms with van der Waals surface area (Å²) >= 11 is 6.51. The summed E-state index contributed by atoms with van der Waals surface area (Å²) in [5.41, 5.74) is 2.91. The largest absolute Gasteiger partial charge is 0.490 e. The fourth-order valence-corrected chi connectivity index (χ4v) is 11.6. The minimum absolute atomic E-state index is 0.216. The van der Waals surface area contributed by atoms with Crippen molar-refractivity contribution in [2.24, 2.45) is 17.8 Å². The molecule has 2 aromatic carbocycles. The maximum atomic E-state index is 13.7. The first kappa shape index (κ1) is 38.6. The molecule has 1 saturated heterocycles. The van der Waals surface area contributed by atoms with Gasteiger partial charge in [0, 0.05) is 74.5 Å². The molecule has 11 heteroatoms. The van der Waals surface area contributed by atoms with Gasteiger partial charge in [0.2, 0.25) is 10.0 Å². The molecule has 3 heterocycles. The number of carbonyl (C=O) groups excluding carboxylic acids is 1. The third-order valence-electron chi connectivity index (χ3n) is 13.5. The number of ether oxygens (including phenoxy) is 2. The Bertz CT molecular complexity index is 1820. The lowest BCUT2D eigenvalue weighted by atomic mass is 9.63. The van der Waals surface area contributed by atoms with Crippen LogP contribution >= 0.6 is 11.6 Å². The highest BCUT2D eigenvalue weighted by Crippen LogP contribution is 2.49. The van der Waals surface area contributed by atoms with Crippen molar-refractivity contribution in [3.05, 3.63) is 70.3 Å². The summed E-state index contributed by atoms with van der Waals surface area (Å²) in [7, 11) is -2.09. The normalized spacial score (nSPS) is 34.3. The van der Waals surface area contributed by atoms with Crippen LogP contribution in [0.15, 0.2) is 48.6 Å². The standard InChI is InChI=1S/C42H59ClN4O5S/c1-28(2)47-20-19-45(23-30(47)4)26-42(51-6)18-7-9-29(3)31(5)53(49,50)44-40(48)33-12-16-39-38(22-33)46(24-34-11-14-37(34)42)25-41(27-52-39)17-8-10-32-21-35(43)13-15-36(32)41/h7,12-13,15-16,18,21-22,28-31,34,37H,8-11,14,17,19-20,23-27H2,1-6H3,(H,44,48)/b18-7-/t29-,30+,31+,34-,37+,41-,42-/m0/s1. The van der Waals surface area contributed by atoms with E-state index in [-0.39, 0.29) is 17.3 Å². The third kappa shape index (κ3) is 7.52. The highest BCUT2D eigenvalue weighted by Gasteiger charge is 2.50. The molecule has 53 heavy (non-hydrogen) atoms. The number of carbonyl (C=O) groups is 1. The van der Waals surface area contributed by atoms with Gasteiger partial charge in [0.1, 0.15) is 11.4 Å². The van der Waals surface area contributed by atoms with Crippen LogP contribution in [0.1, 0.15) is 88.2 Å². The van der Waals surface area contributed by atoms with Crippen LogP contribution in [0.2, 0.25) is 5.02 Å². The molecule has 2 aliphatic carbocycles. The quantitative estimate of drug-likeness (QED) is 0.345. The maximum Gasteiger partial charge on any atom is 0.264 e. The molecule has 1 spiro atoms. The van der Waals surface area contributed by atoms with Crippen molar-refractivity contribution in [2.75, 3.05) is 57.9 Å². The van der Waals surface area contributed by atoms with E-state index in [0.717, 1.165) is 87.8 Å². The number of amides is 1. The number of rotatable bonds is 4. The Hall–Kier alpha value is -2.63. The number of nitrogens with zero attached hydrogens (tertiary/aromatic N) is 3. The van der Waals surface area contributed by atoms with Crippen molar-refractivity contribution in [2.45, 2.75) is 101 Å². The number of sulfonamides is 1. The molecular weight excluding hydrogens is 708 g/mol. The van der Waals surface area contributed by atoms with Crippen LogP contribution in [0.4, 0.5) is 5.69 Å². The molecule has 5 aliphatic rings. The first-order chi connectivity index (χ1) is 25.2. The number of fused-ring (bicyclic) bond motifs is 4. The number of nitrogens with one attached hydrogen (secondary N) is 1. The second-order valence-corrected chi connectivity index (χ2v) is 19.6. The zero-order valence-corrected chi connectivity index (χ0v) is 34.0. The van der Waals surface area contributed by atoms with E-state index in [1.807, 2.05) is 32.2 Å². The van der Waals surface area contributed by atoms with Crippen molar-refractivity contribution in [3.63, 3.8) is 0 Å². The van der Waals surface area contributed by atoms with Crippen LogP contribution in [-0.4, -0.2) is 100 Å². The Morgan fingerprint density at radius 3 is 2.60 bits per heavy atom. The molecule has 3 aliphatic heterocycles. The summed E-state index contributed by atoms with van der Waals surface area (Å²) < 4.78 is 43.1. The van der Waals surface area contributed by atoms with Crippen molar-refractivity contribution < 1.29 is 22.7 Å². The molecule has 2 aromatic rings. The van der Waals surface area contributed by atoms with E-state index in [0.29, 0.717) is 36.6 Å². The second-order valence-electron chi connectivity index (χ2n) is 17.1. The average Bonchev–Trinajstić information content (AvgIpc) is 3.25. The van der Waals surface area contributed by atoms with E-state index in [4.69, 9.17) is 21.1 Å². The SMILES string of the molecule is CO[C@]1(CN2CCN(C(C)C)[C@H](C)C2)/C=C\C[C@H](C)[C@@H](C)S(=O)(=O)NC(=O)c2ccc3c(c2)N(C[C@@H]2CC[C@H]21)C[C@@]1(CCCc2cc(Cl)ccc21)CO3. The maximum absolute atomic E-state index is 13.7. The molecule has 1 amide bonds. The monoisotopic (exact) mass is 766 g/mol. The van der Waals surface area contributed by atoms with Gasteiger partial charge in [-0.05, 0) is 125 Å². The van der Waals surface area contributed by atoms with Gasteiger partial charge in [0.05, 0.1) is 17.5 Å². The molecule has 1 saturated carbocycles. The van der Waals surface area contributed by atoms with Gasteiger partial charge in [-0.1, -0.05) is 36.7 Å². The van der Waals surface area contributed by atoms with Crippen molar-refractivity contribution in [1.82, 2.24) is 14.5 Å². The molecule has 0 radical (unpaired) electrons. The Labute approximate surface area is 322 Å². The molecule has 7 atom stereocenters. The molecule has 0 aromatic heterocycles. The van der Waals surface area contributed by atoms with Crippen LogP contribution < -0.4 is 14.4 Å². The third-order valence-corrected chi connectivity index (χ3v) is 15.7. The number of hydrogen-bond acceptors (Lipinski definition) is 8. The smallest absolute Gasteiger partial charge is 0.264 e. The van der Waals surface area contributed by atoms with Crippen LogP contribution in [0.3, 0.4) is 0 Å². The molecular formula is C42H59ClN4O5S. The summed E-state index contributed by atoms with van der Waals surface area (Å²) in [5.74, 6) is 0.492. The predicted octanol–water partition coefficient (Wildman–Crippen LogP) is 6.68. The molecule has 9 nitrogen and oxygen atoms in total. The summed E-state index contributed by atoms with van der Waals surface area (Å²) in [6, 6.07) is 12.6. The minimum atomic E-state index is -3.95. The number of piperazine rings is 1. The van der Waals surface area contributed by atoms with Gasteiger partial charge in [0.25, 0.3) is 5.91 Å². The van der Waals surface area contributed by atoms with Crippen molar-refractivity contribution in [3.8, 4) is 5.75 Å². The van der Waals surface area contributed by atoms with Gasteiger partial charge in [-0.2, -0.15) is 0 Å². The van der Waals surface area contributed by atoms with Crippen LogP contribution in [-0.2, 0) is 26.6 Å². The second kappa shape index (κ2) is 15.1. The van der Waals surface area contributed by atoms with E-state index in [2.05, 4.69) is 64.5 Å². The van der Waals surface area contributed by atoms with Crippen molar-refractivity contribution in [1.29, 1.82) is 0 Å². The number of hydrogen-bond donors (Lipinski definition) is 1. The van der Waals surface area contributed by atoms with Gasteiger partial charge in [-0.25, -0.2) is 13.1 Å². The van der Waals surface area contributed by atoms with E-state index in [1.54, 1.807) is 13.0 Å². The number of benzene rings is 2. The first-order valence-corrected chi connectivity index (χ1v) is 21.7. The Balaban J connectivity index is 1.29. The Kier molecular flexibility index (Phi) is 11.0. The lowest BCUT2D eigenvalue weighted by Crippen LogP contribution is -2.61. The number of anilines is 1. The first-order valence-electron chi connectivity index (χ1n) is 19.8. The van der Waals surface area contributed by atoms with Crippen LogP contribution in [0.25, 0.3) is 0 Å². The van der Waals surface area contributed by atoms with Crippen LogP contribution in [0, 0.1) is 17.8 Å². The molecule has 1 N–H and O–H groups in total. The highest BCUT2D eigenvalue weighted by molar-refractivity contribution is 7.90. The molecule has 7 rings (SSSR count). The fourth-order valence-electron chi connectivity index (χ4n) is 10.1. The lowest BCUT2D eigenvalue weighted by Gasteiger charge is -2.53. The minimum Gasteiger partial charge on any atom is -0.490 e. The van der Waals surface area contributed by atoms with E-state index >= 15 is 0 Å². The van der Waals surface area contributed by atoms with Gasteiger partial charge < -0.3 is 14.4 Å². The van der Waals surface area contributed by atoms with E-state index < -0.39 is 26.8 Å². The molecule has 0 unspecified atom stereocenters. The van der Waals surface area contributed by atoms with Gasteiger partial charge >= 0.3 is 0 Å². The lowest BCUT2D eigenvalue weighted by molar-refractivity contribution is -0.0992. The van der Waals surface area contributed by atoms with Crippen LogP contribution in [0.5, 0.6) is 5.75 Å². The predicted molar refractivity (Wildman–Crippen MR) is 213 cm³/mol. The number of methoxy groups -OCH3 is 1. The van der Waals surface area contributed by atoms with E-state index in [9.17, 15) is 13.2 Å². The van der Waals surface area contributed by atoms with Gasteiger partial charge in [0.15, 0.2) is 0 Å². The summed E-state index contributed by atoms with van der Waals surface area (Å²) in [4.78, 5) is 21.3.